The Hall–Kier alpha value is -3.33. The largest absolute Gasteiger partial charge is 0.433 e. The van der Waals surface area contributed by atoms with E-state index in [0.717, 1.165) is 11.1 Å². The summed E-state index contributed by atoms with van der Waals surface area (Å²) in [6, 6.07) is 8.35. The van der Waals surface area contributed by atoms with E-state index in [2.05, 4.69) is 19.7 Å². The first-order chi connectivity index (χ1) is 14.3. The minimum absolute atomic E-state index is 0.0350. The van der Waals surface area contributed by atoms with Crippen LogP contribution in [-0.4, -0.2) is 30.9 Å². The molecule has 4 aromatic rings. The van der Waals surface area contributed by atoms with Crippen molar-refractivity contribution in [3.8, 4) is 16.9 Å². The highest BCUT2D eigenvalue weighted by Gasteiger charge is 2.17. The fraction of sp³-hybridized carbons (Fsp3) is 0.200. The highest BCUT2D eigenvalue weighted by Crippen LogP contribution is 2.25. The van der Waals surface area contributed by atoms with Crippen LogP contribution in [0.4, 0.5) is 8.78 Å². The first-order valence-corrected chi connectivity index (χ1v) is 9.30. The first kappa shape index (κ1) is 20.0. The van der Waals surface area contributed by atoms with Gasteiger partial charge < -0.3 is 4.74 Å². The minimum Gasteiger partial charge on any atom is -0.433 e. The number of benzene rings is 1. The van der Waals surface area contributed by atoms with Crippen molar-refractivity contribution in [2.45, 2.75) is 20.1 Å². The molecule has 0 aliphatic rings. The molecule has 0 fully saturated rings. The predicted octanol–water partition coefficient (Wildman–Crippen LogP) is 3.80. The van der Waals surface area contributed by atoms with Crippen molar-refractivity contribution in [1.29, 1.82) is 0 Å². The topological polar surface area (TPSA) is 74.8 Å². The molecule has 0 aliphatic carbocycles. The third-order valence-electron chi connectivity index (χ3n) is 4.70. The standard InChI is InChI=1S/C20H16ClF2N5O2/c1-11-3-6-17(30-20(22)23)15(26-11)10-28-16-7-12(13-8-24-19(21)25-9-13)4-5-14(16)18(29)27(28)2/h3-9,20H,10H2,1-2H3. The number of aryl methyl sites for hydroxylation is 1. The van der Waals surface area contributed by atoms with Crippen molar-refractivity contribution in [3.63, 3.8) is 0 Å². The van der Waals surface area contributed by atoms with Gasteiger partial charge in [-0.2, -0.15) is 8.78 Å². The summed E-state index contributed by atoms with van der Waals surface area (Å²) in [5.74, 6) is -0.0350. The van der Waals surface area contributed by atoms with Crippen LogP contribution in [0.3, 0.4) is 0 Å². The predicted molar refractivity (Wildman–Crippen MR) is 108 cm³/mol. The number of nitrogens with zero attached hydrogens (tertiary/aromatic N) is 5. The molecule has 0 N–H and O–H groups in total. The molecule has 30 heavy (non-hydrogen) atoms. The van der Waals surface area contributed by atoms with Crippen molar-refractivity contribution in [1.82, 2.24) is 24.3 Å². The van der Waals surface area contributed by atoms with Crippen molar-refractivity contribution < 1.29 is 13.5 Å². The molecule has 0 aliphatic heterocycles. The molecule has 0 saturated carbocycles. The number of ether oxygens (including phenoxy) is 1. The van der Waals surface area contributed by atoms with E-state index in [1.165, 1.54) is 10.7 Å². The smallest absolute Gasteiger partial charge is 0.387 e. The Morgan fingerprint density at radius 1 is 1.13 bits per heavy atom. The van der Waals surface area contributed by atoms with Gasteiger partial charge in [0, 0.05) is 30.7 Å². The third kappa shape index (κ3) is 3.76. The molecule has 0 saturated heterocycles. The van der Waals surface area contributed by atoms with E-state index in [0.29, 0.717) is 22.3 Å². The van der Waals surface area contributed by atoms with Crippen molar-refractivity contribution in [2.75, 3.05) is 0 Å². The van der Waals surface area contributed by atoms with E-state index in [-0.39, 0.29) is 23.1 Å². The normalized spacial score (nSPS) is 11.4. The second kappa shape index (κ2) is 7.83. The number of rotatable bonds is 5. The lowest BCUT2D eigenvalue weighted by atomic mass is 10.1. The average Bonchev–Trinajstić information content (AvgIpc) is 2.95. The van der Waals surface area contributed by atoms with E-state index in [4.69, 9.17) is 11.6 Å². The second-order valence-corrected chi connectivity index (χ2v) is 6.97. The van der Waals surface area contributed by atoms with Crippen LogP contribution in [0.5, 0.6) is 5.75 Å². The second-order valence-electron chi connectivity index (χ2n) is 6.64. The molecular formula is C20H16ClF2N5O2. The zero-order valence-corrected chi connectivity index (χ0v) is 16.8. The number of hydrogen-bond donors (Lipinski definition) is 0. The van der Waals surface area contributed by atoms with Gasteiger partial charge in [0.1, 0.15) is 11.4 Å². The fourth-order valence-electron chi connectivity index (χ4n) is 3.26. The SMILES string of the molecule is Cc1ccc(OC(F)F)c(Cn2c3cc(-c4cnc(Cl)nc4)ccc3c(=O)n2C)n1. The summed E-state index contributed by atoms with van der Waals surface area (Å²) in [5, 5.41) is 0.619. The van der Waals surface area contributed by atoms with Gasteiger partial charge in [0.15, 0.2) is 0 Å². The van der Waals surface area contributed by atoms with Crippen LogP contribution in [0.15, 0.2) is 47.5 Å². The number of halogens is 3. The summed E-state index contributed by atoms with van der Waals surface area (Å²) < 4.78 is 33.3. The zero-order valence-electron chi connectivity index (χ0n) is 16.0. The Balaban J connectivity index is 1.84. The third-order valence-corrected chi connectivity index (χ3v) is 4.90. The van der Waals surface area contributed by atoms with Crippen LogP contribution in [0.1, 0.15) is 11.4 Å². The maximum Gasteiger partial charge on any atom is 0.387 e. The van der Waals surface area contributed by atoms with Crippen LogP contribution in [0, 0.1) is 6.92 Å². The van der Waals surface area contributed by atoms with Gasteiger partial charge in [-0.15, -0.1) is 0 Å². The quantitative estimate of drug-likeness (QED) is 0.449. The molecule has 1 aromatic carbocycles. The van der Waals surface area contributed by atoms with Crippen molar-refractivity contribution >= 4 is 22.5 Å². The summed E-state index contributed by atoms with van der Waals surface area (Å²) in [6.45, 7) is -1.16. The van der Waals surface area contributed by atoms with E-state index < -0.39 is 6.61 Å². The Bertz CT molecular complexity index is 1290. The summed E-state index contributed by atoms with van der Waals surface area (Å²) in [4.78, 5) is 25.0. The summed E-state index contributed by atoms with van der Waals surface area (Å²) >= 11 is 5.75. The van der Waals surface area contributed by atoms with Crippen LogP contribution in [0.25, 0.3) is 22.0 Å². The van der Waals surface area contributed by atoms with Crippen LogP contribution < -0.4 is 10.3 Å². The molecule has 10 heteroatoms. The molecule has 0 unspecified atom stereocenters. The molecule has 0 atom stereocenters. The lowest BCUT2D eigenvalue weighted by molar-refractivity contribution is -0.0508. The van der Waals surface area contributed by atoms with Gasteiger partial charge in [-0.05, 0) is 48.4 Å². The molecule has 4 rings (SSSR count). The van der Waals surface area contributed by atoms with Crippen molar-refractivity contribution in [2.24, 2.45) is 7.05 Å². The van der Waals surface area contributed by atoms with Gasteiger partial charge in [-0.25, -0.2) is 9.97 Å². The summed E-state index contributed by atoms with van der Waals surface area (Å²) in [6.07, 6.45) is 3.16. The number of aromatic nitrogens is 5. The summed E-state index contributed by atoms with van der Waals surface area (Å²) in [7, 11) is 1.61. The number of pyridine rings is 1. The molecule has 7 nitrogen and oxygen atoms in total. The number of fused-ring (bicyclic) bond motifs is 1. The Kier molecular flexibility index (Phi) is 5.21. The first-order valence-electron chi connectivity index (χ1n) is 8.92. The molecular weight excluding hydrogens is 416 g/mol. The zero-order chi connectivity index (χ0) is 21.4. The lowest BCUT2D eigenvalue weighted by Gasteiger charge is -2.14. The van der Waals surface area contributed by atoms with Crippen LogP contribution >= 0.6 is 11.6 Å². The lowest BCUT2D eigenvalue weighted by Crippen LogP contribution is -2.20. The minimum atomic E-state index is -2.98. The van der Waals surface area contributed by atoms with E-state index in [1.54, 1.807) is 49.2 Å². The molecule has 0 spiro atoms. The van der Waals surface area contributed by atoms with Gasteiger partial charge in [0.2, 0.25) is 5.28 Å². The molecule has 3 heterocycles. The fourth-order valence-corrected chi connectivity index (χ4v) is 3.36. The number of hydrogen-bond acceptors (Lipinski definition) is 5. The molecule has 3 aromatic heterocycles. The Morgan fingerprint density at radius 3 is 2.57 bits per heavy atom. The maximum absolute atomic E-state index is 12.8. The average molecular weight is 432 g/mol. The van der Waals surface area contributed by atoms with Gasteiger partial charge in [0.05, 0.1) is 17.4 Å². The van der Waals surface area contributed by atoms with Gasteiger partial charge in [0.25, 0.3) is 5.56 Å². The van der Waals surface area contributed by atoms with Gasteiger partial charge in [-0.3, -0.25) is 19.1 Å². The molecule has 154 valence electrons. The van der Waals surface area contributed by atoms with Crippen LogP contribution in [0.2, 0.25) is 5.28 Å². The summed E-state index contributed by atoms with van der Waals surface area (Å²) in [5.41, 5.74) is 2.84. The molecule has 0 bridgehead atoms. The molecule has 0 radical (unpaired) electrons. The van der Waals surface area contributed by atoms with E-state index in [1.807, 2.05) is 6.07 Å². The monoisotopic (exact) mass is 431 g/mol. The molecule has 0 amide bonds. The maximum atomic E-state index is 12.8. The highest BCUT2D eigenvalue weighted by atomic mass is 35.5. The Morgan fingerprint density at radius 2 is 1.87 bits per heavy atom. The van der Waals surface area contributed by atoms with Crippen molar-refractivity contribution in [3.05, 3.63) is 69.8 Å². The Labute approximate surface area is 174 Å². The number of alkyl halides is 2. The van der Waals surface area contributed by atoms with E-state index in [9.17, 15) is 13.6 Å². The van der Waals surface area contributed by atoms with Gasteiger partial charge >= 0.3 is 6.61 Å². The van der Waals surface area contributed by atoms with Crippen LogP contribution in [-0.2, 0) is 13.6 Å². The van der Waals surface area contributed by atoms with E-state index >= 15 is 0 Å². The highest BCUT2D eigenvalue weighted by molar-refractivity contribution is 6.28. The van der Waals surface area contributed by atoms with Gasteiger partial charge in [-0.1, -0.05) is 6.07 Å².